The zero-order valence-corrected chi connectivity index (χ0v) is 11.3. The van der Waals surface area contributed by atoms with Crippen molar-refractivity contribution in [3.05, 3.63) is 48.0 Å². The molecule has 0 amide bonds. The third kappa shape index (κ3) is 2.46. The standard InChI is InChI=1S/C15H21N3/c1-4-14(16)15-9-17-10-18(15)13-7-5-6-12(8-13)11(2)3/h5-11,14H,4,16H2,1-3H3/t14-/m1/s1. The largest absolute Gasteiger partial charge is 0.323 e. The van der Waals surface area contributed by atoms with Crippen LogP contribution in [0.3, 0.4) is 0 Å². The second-order valence-corrected chi connectivity index (χ2v) is 4.95. The molecule has 2 aromatic rings. The molecule has 0 saturated heterocycles. The lowest BCUT2D eigenvalue weighted by Crippen LogP contribution is -2.13. The minimum atomic E-state index is 0.0372. The van der Waals surface area contributed by atoms with E-state index in [1.807, 2.05) is 12.5 Å². The summed E-state index contributed by atoms with van der Waals surface area (Å²) in [5.41, 5.74) is 9.65. The van der Waals surface area contributed by atoms with Gasteiger partial charge in [-0.05, 0) is 30.0 Å². The molecule has 1 atom stereocenters. The molecule has 0 aliphatic carbocycles. The summed E-state index contributed by atoms with van der Waals surface area (Å²) in [6.45, 7) is 6.49. The fourth-order valence-electron chi connectivity index (χ4n) is 2.04. The molecular formula is C15H21N3. The maximum absolute atomic E-state index is 6.11. The van der Waals surface area contributed by atoms with Crippen molar-refractivity contribution in [2.75, 3.05) is 0 Å². The van der Waals surface area contributed by atoms with Crippen LogP contribution < -0.4 is 5.73 Å². The van der Waals surface area contributed by atoms with Crippen molar-refractivity contribution >= 4 is 0 Å². The summed E-state index contributed by atoms with van der Waals surface area (Å²) in [4.78, 5) is 4.23. The van der Waals surface area contributed by atoms with E-state index in [4.69, 9.17) is 5.73 Å². The van der Waals surface area contributed by atoms with E-state index in [9.17, 15) is 0 Å². The molecule has 0 bridgehead atoms. The summed E-state index contributed by atoms with van der Waals surface area (Å²) in [6.07, 6.45) is 4.61. The fourth-order valence-corrected chi connectivity index (χ4v) is 2.04. The Bertz CT molecular complexity index is 514. The van der Waals surface area contributed by atoms with Crippen molar-refractivity contribution in [3.8, 4) is 5.69 Å². The fraction of sp³-hybridized carbons (Fsp3) is 0.400. The molecule has 0 aliphatic heterocycles. The van der Waals surface area contributed by atoms with Gasteiger partial charge in [0, 0.05) is 11.7 Å². The highest BCUT2D eigenvalue weighted by atomic mass is 15.1. The maximum Gasteiger partial charge on any atom is 0.0994 e. The summed E-state index contributed by atoms with van der Waals surface area (Å²) in [7, 11) is 0. The molecule has 2 rings (SSSR count). The summed E-state index contributed by atoms with van der Waals surface area (Å²) in [5.74, 6) is 0.525. The quantitative estimate of drug-likeness (QED) is 0.894. The summed E-state index contributed by atoms with van der Waals surface area (Å²) < 4.78 is 2.08. The molecule has 0 unspecified atom stereocenters. The number of hydrogen-bond acceptors (Lipinski definition) is 2. The lowest BCUT2D eigenvalue weighted by atomic mass is 10.0. The first kappa shape index (κ1) is 12.8. The van der Waals surface area contributed by atoms with Gasteiger partial charge in [0.25, 0.3) is 0 Å². The van der Waals surface area contributed by atoms with Crippen LogP contribution in [0.2, 0.25) is 0 Å². The van der Waals surface area contributed by atoms with Crippen molar-refractivity contribution in [3.63, 3.8) is 0 Å². The van der Waals surface area contributed by atoms with Crippen LogP contribution in [-0.2, 0) is 0 Å². The van der Waals surface area contributed by atoms with Gasteiger partial charge < -0.3 is 10.3 Å². The molecule has 96 valence electrons. The van der Waals surface area contributed by atoms with Gasteiger partial charge in [-0.1, -0.05) is 32.9 Å². The SMILES string of the molecule is CC[C@@H](N)c1cncn1-c1cccc(C(C)C)c1. The first-order valence-corrected chi connectivity index (χ1v) is 6.51. The summed E-state index contributed by atoms with van der Waals surface area (Å²) >= 11 is 0. The van der Waals surface area contributed by atoms with Gasteiger partial charge >= 0.3 is 0 Å². The third-order valence-corrected chi connectivity index (χ3v) is 3.30. The van der Waals surface area contributed by atoms with Crippen LogP contribution in [-0.4, -0.2) is 9.55 Å². The first-order valence-electron chi connectivity index (χ1n) is 6.51. The van der Waals surface area contributed by atoms with Crippen molar-refractivity contribution in [1.29, 1.82) is 0 Å². The minimum Gasteiger partial charge on any atom is -0.323 e. The second-order valence-electron chi connectivity index (χ2n) is 4.95. The topological polar surface area (TPSA) is 43.8 Å². The van der Waals surface area contributed by atoms with Gasteiger partial charge in [0.1, 0.15) is 0 Å². The Morgan fingerprint density at radius 1 is 1.33 bits per heavy atom. The molecule has 0 aliphatic rings. The van der Waals surface area contributed by atoms with Crippen LogP contribution in [0.4, 0.5) is 0 Å². The van der Waals surface area contributed by atoms with E-state index in [1.54, 1.807) is 0 Å². The smallest absolute Gasteiger partial charge is 0.0994 e. The van der Waals surface area contributed by atoms with Gasteiger partial charge in [-0.15, -0.1) is 0 Å². The van der Waals surface area contributed by atoms with Crippen LogP contribution >= 0.6 is 0 Å². The molecule has 18 heavy (non-hydrogen) atoms. The molecule has 1 heterocycles. The Morgan fingerprint density at radius 3 is 2.78 bits per heavy atom. The Balaban J connectivity index is 2.43. The van der Waals surface area contributed by atoms with Gasteiger partial charge in [0.15, 0.2) is 0 Å². The van der Waals surface area contributed by atoms with E-state index in [-0.39, 0.29) is 6.04 Å². The lowest BCUT2D eigenvalue weighted by Gasteiger charge is -2.14. The number of rotatable bonds is 4. The van der Waals surface area contributed by atoms with Crippen molar-refractivity contribution in [1.82, 2.24) is 9.55 Å². The van der Waals surface area contributed by atoms with Gasteiger partial charge in [-0.2, -0.15) is 0 Å². The second kappa shape index (κ2) is 5.36. The Morgan fingerprint density at radius 2 is 2.11 bits per heavy atom. The molecule has 0 fully saturated rings. The highest BCUT2D eigenvalue weighted by Crippen LogP contribution is 2.22. The van der Waals surface area contributed by atoms with Crippen molar-refractivity contribution < 1.29 is 0 Å². The van der Waals surface area contributed by atoms with Crippen molar-refractivity contribution in [2.45, 2.75) is 39.2 Å². The molecule has 1 aromatic heterocycles. The van der Waals surface area contributed by atoms with E-state index in [2.05, 4.69) is 54.6 Å². The van der Waals surface area contributed by atoms with E-state index < -0.39 is 0 Å². The average Bonchev–Trinajstić information content (AvgIpc) is 2.87. The summed E-state index contributed by atoms with van der Waals surface area (Å²) in [5, 5.41) is 0. The first-order chi connectivity index (χ1) is 8.63. The number of hydrogen-bond donors (Lipinski definition) is 1. The molecule has 0 spiro atoms. The molecule has 1 aromatic carbocycles. The zero-order chi connectivity index (χ0) is 13.1. The maximum atomic E-state index is 6.11. The van der Waals surface area contributed by atoms with E-state index >= 15 is 0 Å². The molecule has 2 N–H and O–H groups in total. The van der Waals surface area contributed by atoms with Gasteiger partial charge in [-0.3, -0.25) is 0 Å². The highest BCUT2D eigenvalue weighted by molar-refractivity contribution is 5.39. The third-order valence-electron chi connectivity index (χ3n) is 3.30. The predicted molar refractivity (Wildman–Crippen MR) is 74.9 cm³/mol. The number of nitrogens with zero attached hydrogens (tertiary/aromatic N) is 2. The van der Waals surface area contributed by atoms with Gasteiger partial charge in [-0.25, -0.2) is 4.98 Å². The van der Waals surface area contributed by atoms with Crippen LogP contribution in [0.15, 0.2) is 36.8 Å². The number of aromatic nitrogens is 2. The van der Waals surface area contributed by atoms with E-state index in [1.165, 1.54) is 5.56 Å². The summed E-state index contributed by atoms with van der Waals surface area (Å²) in [6, 6.07) is 8.59. The van der Waals surface area contributed by atoms with Crippen LogP contribution in [0.25, 0.3) is 5.69 Å². The lowest BCUT2D eigenvalue weighted by molar-refractivity contribution is 0.659. The molecule has 3 heteroatoms. The zero-order valence-electron chi connectivity index (χ0n) is 11.3. The molecule has 3 nitrogen and oxygen atoms in total. The predicted octanol–water partition coefficient (Wildman–Crippen LogP) is 3.41. The van der Waals surface area contributed by atoms with Crippen LogP contribution in [0.1, 0.15) is 50.4 Å². The van der Waals surface area contributed by atoms with Crippen LogP contribution in [0.5, 0.6) is 0 Å². The molecule has 0 radical (unpaired) electrons. The minimum absolute atomic E-state index is 0.0372. The Labute approximate surface area is 109 Å². The number of nitrogens with two attached hydrogens (primary N) is 1. The Hall–Kier alpha value is -1.61. The monoisotopic (exact) mass is 243 g/mol. The van der Waals surface area contributed by atoms with E-state index in [0.29, 0.717) is 5.92 Å². The number of benzene rings is 1. The normalized spacial score (nSPS) is 12.9. The molecular weight excluding hydrogens is 222 g/mol. The average molecular weight is 243 g/mol. The van der Waals surface area contributed by atoms with Gasteiger partial charge in [0.2, 0.25) is 0 Å². The number of imidazole rings is 1. The van der Waals surface area contributed by atoms with Crippen LogP contribution in [0, 0.1) is 0 Å². The Kier molecular flexibility index (Phi) is 3.82. The van der Waals surface area contributed by atoms with Crippen molar-refractivity contribution in [2.24, 2.45) is 5.73 Å². The van der Waals surface area contributed by atoms with E-state index in [0.717, 1.165) is 17.8 Å². The molecule has 0 saturated carbocycles. The van der Waals surface area contributed by atoms with Gasteiger partial charge in [0.05, 0.1) is 18.2 Å². The highest BCUT2D eigenvalue weighted by Gasteiger charge is 2.11.